The summed E-state index contributed by atoms with van der Waals surface area (Å²) < 4.78 is 1.74. The highest BCUT2D eigenvalue weighted by atomic mass is 32.2. The Morgan fingerprint density at radius 3 is 2.57 bits per heavy atom. The molecular weight excluding hydrogens is 304 g/mol. The molecule has 0 N–H and O–H groups in total. The normalized spacial score (nSPS) is 11.0. The molecule has 0 saturated heterocycles. The lowest BCUT2D eigenvalue weighted by molar-refractivity contribution is 0.814. The third-order valence-corrected chi connectivity index (χ3v) is 4.79. The van der Waals surface area contributed by atoms with E-state index >= 15 is 0 Å². The number of unbranched alkanes of at least 4 members (excludes halogenated alkanes) is 1. The highest BCUT2D eigenvalue weighted by molar-refractivity contribution is 7.99. The zero-order chi connectivity index (χ0) is 16.2. The molecule has 0 radical (unpaired) electrons. The van der Waals surface area contributed by atoms with Crippen LogP contribution in [0.5, 0.6) is 0 Å². The van der Waals surface area contributed by atoms with Crippen molar-refractivity contribution < 1.29 is 0 Å². The number of nitrogens with zero attached hydrogens (tertiary/aromatic N) is 2. The van der Waals surface area contributed by atoms with Gasteiger partial charge in [-0.3, -0.25) is 9.36 Å². The number of hydrogen-bond donors (Lipinski definition) is 0. The van der Waals surface area contributed by atoms with Gasteiger partial charge >= 0.3 is 0 Å². The van der Waals surface area contributed by atoms with E-state index in [0.29, 0.717) is 5.39 Å². The number of hydrogen-bond acceptors (Lipinski definition) is 3. The second-order valence-corrected chi connectivity index (χ2v) is 6.65. The maximum absolute atomic E-state index is 13.0. The summed E-state index contributed by atoms with van der Waals surface area (Å²) in [5.41, 5.74) is 2.81. The molecule has 0 aliphatic heterocycles. The molecule has 0 bridgehead atoms. The number of aryl methyl sites for hydroxylation is 1. The Bertz CT molecular complexity index is 869. The van der Waals surface area contributed by atoms with Crippen molar-refractivity contribution in [2.75, 3.05) is 5.75 Å². The SMILES string of the molecule is CCCCSc1nc2ccccc2c(=O)n1-c1ccc(C)cc1. The maximum Gasteiger partial charge on any atom is 0.266 e. The Hall–Kier alpha value is -2.07. The Labute approximate surface area is 140 Å². The summed E-state index contributed by atoms with van der Waals surface area (Å²) in [7, 11) is 0. The lowest BCUT2D eigenvalue weighted by atomic mass is 10.2. The van der Waals surface area contributed by atoms with Crippen LogP contribution >= 0.6 is 11.8 Å². The monoisotopic (exact) mass is 324 g/mol. The minimum Gasteiger partial charge on any atom is -0.268 e. The van der Waals surface area contributed by atoms with Gasteiger partial charge in [-0.25, -0.2) is 4.98 Å². The maximum atomic E-state index is 13.0. The summed E-state index contributed by atoms with van der Waals surface area (Å²) in [6.45, 7) is 4.21. The molecule has 0 fully saturated rings. The molecule has 0 amide bonds. The summed E-state index contributed by atoms with van der Waals surface area (Å²) in [5.74, 6) is 0.965. The van der Waals surface area contributed by atoms with E-state index in [1.165, 1.54) is 5.56 Å². The molecular formula is C19H20N2OS. The minimum absolute atomic E-state index is 0.00143. The van der Waals surface area contributed by atoms with Gasteiger partial charge in [0.2, 0.25) is 0 Å². The van der Waals surface area contributed by atoms with Gasteiger partial charge in [0, 0.05) is 5.75 Å². The number of thioether (sulfide) groups is 1. The van der Waals surface area contributed by atoms with Crippen molar-refractivity contribution in [2.24, 2.45) is 0 Å². The molecule has 1 heterocycles. The van der Waals surface area contributed by atoms with Gasteiger partial charge in [0.25, 0.3) is 5.56 Å². The Kier molecular flexibility index (Phi) is 4.82. The van der Waals surface area contributed by atoms with Crippen molar-refractivity contribution in [3.05, 3.63) is 64.4 Å². The van der Waals surface area contributed by atoms with Crippen LogP contribution in [-0.2, 0) is 0 Å². The van der Waals surface area contributed by atoms with Crippen LogP contribution in [0, 0.1) is 6.92 Å². The van der Waals surface area contributed by atoms with Crippen LogP contribution < -0.4 is 5.56 Å². The summed E-state index contributed by atoms with van der Waals surface area (Å²) in [4.78, 5) is 17.7. The first-order chi connectivity index (χ1) is 11.2. The van der Waals surface area contributed by atoms with E-state index in [1.54, 1.807) is 16.3 Å². The molecule has 4 heteroatoms. The van der Waals surface area contributed by atoms with E-state index in [1.807, 2.05) is 55.5 Å². The van der Waals surface area contributed by atoms with Gasteiger partial charge in [-0.15, -0.1) is 0 Å². The third-order valence-electron chi connectivity index (χ3n) is 3.77. The molecule has 3 aromatic rings. The van der Waals surface area contributed by atoms with Crippen LogP contribution in [0.1, 0.15) is 25.3 Å². The molecule has 0 aliphatic rings. The van der Waals surface area contributed by atoms with Gasteiger partial charge in [0.15, 0.2) is 5.16 Å². The van der Waals surface area contributed by atoms with Crippen LogP contribution in [-0.4, -0.2) is 15.3 Å². The molecule has 0 spiro atoms. The number of benzene rings is 2. The van der Waals surface area contributed by atoms with E-state index in [2.05, 4.69) is 6.92 Å². The van der Waals surface area contributed by atoms with Crippen molar-refractivity contribution in [3.8, 4) is 5.69 Å². The molecule has 3 nitrogen and oxygen atoms in total. The summed E-state index contributed by atoms with van der Waals surface area (Å²) >= 11 is 1.65. The predicted octanol–water partition coefficient (Wildman–Crippen LogP) is 4.59. The number of aromatic nitrogens is 2. The number of para-hydroxylation sites is 1. The van der Waals surface area contributed by atoms with Crippen molar-refractivity contribution in [3.63, 3.8) is 0 Å². The number of fused-ring (bicyclic) bond motifs is 1. The smallest absolute Gasteiger partial charge is 0.266 e. The summed E-state index contributed by atoms with van der Waals surface area (Å²) in [6, 6.07) is 15.6. The van der Waals surface area contributed by atoms with Gasteiger partial charge in [0.05, 0.1) is 16.6 Å². The van der Waals surface area contributed by atoms with E-state index < -0.39 is 0 Å². The Morgan fingerprint density at radius 2 is 1.83 bits per heavy atom. The van der Waals surface area contributed by atoms with E-state index in [4.69, 9.17) is 4.98 Å². The lowest BCUT2D eigenvalue weighted by Gasteiger charge is -2.13. The fourth-order valence-electron chi connectivity index (χ4n) is 2.44. The molecule has 3 rings (SSSR count). The fourth-order valence-corrected chi connectivity index (χ4v) is 3.53. The van der Waals surface area contributed by atoms with Crippen molar-refractivity contribution in [1.82, 2.24) is 9.55 Å². The topological polar surface area (TPSA) is 34.9 Å². The van der Waals surface area contributed by atoms with Gasteiger partial charge in [0.1, 0.15) is 0 Å². The van der Waals surface area contributed by atoms with Gasteiger partial charge in [-0.05, 0) is 37.6 Å². The number of rotatable bonds is 5. The lowest BCUT2D eigenvalue weighted by Crippen LogP contribution is -2.21. The zero-order valence-corrected chi connectivity index (χ0v) is 14.3. The van der Waals surface area contributed by atoms with E-state index in [0.717, 1.165) is 35.0 Å². The predicted molar refractivity (Wildman–Crippen MR) is 97.7 cm³/mol. The van der Waals surface area contributed by atoms with Crippen LogP contribution in [0.25, 0.3) is 16.6 Å². The summed E-state index contributed by atoms with van der Waals surface area (Å²) in [6.07, 6.45) is 2.25. The molecule has 0 saturated carbocycles. The molecule has 0 unspecified atom stereocenters. The van der Waals surface area contributed by atoms with Crippen molar-refractivity contribution in [1.29, 1.82) is 0 Å². The fraction of sp³-hybridized carbons (Fsp3) is 0.263. The second-order valence-electron chi connectivity index (χ2n) is 5.59. The first kappa shape index (κ1) is 15.8. The second kappa shape index (κ2) is 7.01. The average molecular weight is 324 g/mol. The molecule has 0 aliphatic carbocycles. The Morgan fingerprint density at radius 1 is 1.09 bits per heavy atom. The van der Waals surface area contributed by atoms with E-state index in [-0.39, 0.29) is 5.56 Å². The first-order valence-electron chi connectivity index (χ1n) is 7.92. The van der Waals surface area contributed by atoms with E-state index in [9.17, 15) is 4.79 Å². The van der Waals surface area contributed by atoms with Crippen molar-refractivity contribution in [2.45, 2.75) is 31.8 Å². The van der Waals surface area contributed by atoms with Gasteiger partial charge < -0.3 is 0 Å². The molecule has 2 aromatic carbocycles. The standard InChI is InChI=1S/C19H20N2OS/c1-3-4-13-23-19-20-17-8-6-5-7-16(17)18(22)21(19)15-11-9-14(2)10-12-15/h5-12H,3-4,13H2,1-2H3. The van der Waals surface area contributed by atoms with Gasteiger partial charge in [-0.2, -0.15) is 0 Å². The average Bonchev–Trinajstić information content (AvgIpc) is 2.57. The highest BCUT2D eigenvalue weighted by Crippen LogP contribution is 2.22. The zero-order valence-electron chi connectivity index (χ0n) is 13.5. The van der Waals surface area contributed by atoms with Crippen LogP contribution in [0.2, 0.25) is 0 Å². The molecule has 0 atom stereocenters. The quantitative estimate of drug-likeness (QED) is 0.391. The molecule has 118 valence electrons. The molecule has 1 aromatic heterocycles. The minimum atomic E-state index is -0.00143. The van der Waals surface area contributed by atoms with Crippen molar-refractivity contribution >= 4 is 22.7 Å². The molecule has 23 heavy (non-hydrogen) atoms. The first-order valence-corrected chi connectivity index (χ1v) is 8.91. The largest absolute Gasteiger partial charge is 0.268 e. The van der Waals surface area contributed by atoms with Crippen LogP contribution in [0.4, 0.5) is 0 Å². The highest BCUT2D eigenvalue weighted by Gasteiger charge is 2.12. The third kappa shape index (κ3) is 3.32. The van der Waals surface area contributed by atoms with Crippen LogP contribution in [0.15, 0.2) is 58.5 Å². The van der Waals surface area contributed by atoms with Crippen LogP contribution in [0.3, 0.4) is 0 Å². The summed E-state index contributed by atoms with van der Waals surface area (Å²) in [5, 5.41) is 1.43. The van der Waals surface area contributed by atoms with Gasteiger partial charge in [-0.1, -0.05) is 54.9 Å². The Balaban J connectivity index is 2.19.